The average molecular weight is 262 g/mol. The molecule has 0 aliphatic carbocycles. The molecule has 0 saturated heterocycles. The van der Waals surface area contributed by atoms with Gasteiger partial charge in [0.05, 0.1) is 7.11 Å². The summed E-state index contributed by atoms with van der Waals surface area (Å²) in [6.45, 7) is 0.524. The van der Waals surface area contributed by atoms with E-state index in [0.717, 1.165) is 11.3 Å². The van der Waals surface area contributed by atoms with Crippen molar-refractivity contribution in [3.63, 3.8) is 0 Å². The summed E-state index contributed by atoms with van der Waals surface area (Å²) in [7, 11) is 1.63. The maximum atomic E-state index is 6.30. The van der Waals surface area contributed by atoms with E-state index in [9.17, 15) is 0 Å². The van der Waals surface area contributed by atoms with E-state index >= 15 is 0 Å². The summed E-state index contributed by atoms with van der Waals surface area (Å²) in [6.07, 6.45) is 0. The fraction of sp³-hybridized carbons (Fsp3) is 0.200. The van der Waals surface area contributed by atoms with Crippen LogP contribution in [0.15, 0.2) is 48.5 Å². The molecule has 0 fully saturated rings. The minimum Gasteiger partial charge on any atom is -0.497 e. The molecule has 0 aliphatic rings. The first kappa shape index (κ1) is 12.9. The Bertz CT molecular complexity index is 513. The Balaban J connectivity index is 2.39. The van der Waals surface area contributed by atoms with Crippen LogP contribution in [-0.2, 0) is 0 Å². The Morgan fingerprint density at radius 3 is 2.44 bits per heavy atom. The fourth-order valence-electron chi connectivity index (χ4n) is 2.05. The maximum absolute atomic E-state index is 6.30. The van der Waals surface area contributed by atoms with E-state index in [-0.39, 0.29) is 5.92 Å². The Morgan fingerprint density at radius 1 is 1.17 bits per heavy atom. The smallest absolute Gasteiger partial charge is 0.120 e. The van der Waals surface area contributed by atoms with E-state index in [1.165, 1.54) is 5.56 Å². The van der Waals surface area contributed by atoms with Crippen molar-refractivity contribution in [2.45, 2.75) is 5.92 Å². The van der Waals surface area contributed by atoms with Crippen LogP contribution in [0.3, 0.4) is 0 Å². The fourth-order valence-corrected chi connectivity index (χ4v) is 2.35. The molecule has 2 nitrogen and oxygen atoms in total. The van der Waals surface area contributed by atoms with Gasteiger partial charge < -0.3 is 10.5 Å². The molecule has 0 aliphatic heterocycles. The number of benzene rings is 2. The molecule has 0 aromatic heterocycles. The van der Waals surface area contributed by atoms with Gasteiger partial charge in [-0.1, -0.05) is 48.0 Å². The molecule has 2 aromatic carbocycles. The monoisotopic (exact) mass is 261 g/mol. The number of ether oxygens (including phenoxy) is 1. The number of hydrogen-bond donors (Lipinski definition) is 1. The van der Waals surface area contributed by atoms with Crippen molar-refractivity contribution in [3.05, 3.63) is 64.7 Å². The molecule has 0 spiro atoms. The topological polar surface area (TPSA) is 35.2 Å². The lowest BCUT2D eigenvalue weighted by Gasteiger charge is -2.17. The van der Waals surface area contributed by atoms with E-state index in [1.54, 1.807) is 7.11 Å². The zero-order valence-corrected chi connectivity index (χ0v) is 11.0. The van der Waals surface area contributed by atoms with Crippen LogP contribution < -0.4 is 10.5 Å². The summed E-state index contributed by atoms with van der Waals surface area (Å²) >= 11 is 6.30. The van der Waals surface area contributed by atoms with Gasteiger partial charge in [0.2, 0.25) is 0 Å². The van der Waals surface area contributed by atoms with Crippen LogP contribution in [-0.4, -0.2) is 13.7 Å². The zero-order chi connectivity index (χ0) is 13.0. The molecule has 0 bridgehead atoms. The van der Waals surface area contributed by atoms with E-state index < -0.39 is 0 Å². The van der Waals surface area contributed by atoms with Crippen molar-refractivity contribution in [1.29, 1.82) is 0 Å². The average Bonchev–Trinajstić information content (AvgIpc) is 2.42. The number of hydrogen-bond acceptors (Lipinski definition) is 2. The van der Waals surface area contributed by atoms with Crippen molar-refractivity contribution in [2.75, 3.05) is 13.7 Å². The van der Waals surface area contributed by atoms with Gasteiger partial charge in [-0.15, -0.1) is 0 Å². The molecule has 3 heteroatoms. The van der Waals surface area contributed by atoms with Gasteiger partial charge in [-0.3, -0.25) is 0 Å². The summed E-state index contributed by atoms with van der Waals surface area (Å²) in [5.41, 5.74) is 8.09. The van der Waals surface area contributed by atoms with Crippen LogP contribution in [0.5, 0.6) is 5.75 Å². The van der Waals surface area contributed by atoms with Crippen LogP contribution in [0.2, 0.25) is 5.02 Å². The van der Waals surface area contributed by atoms with Gasteiger partial charge in [-0.05, 0) is 23.3 Å². The summed E-state index contributed by atoms with van der Waals surface area (Å²) in [5.74, 6) is 0.872. The molecule has 2 aromatic rings. The largest absolute Gasteiger partial charge is 0.497 e. The second kappa shape index (κ2) is 5.89. The van der Waals surface area contributed by atoms with Gasteiger partial charge in [0.1, 0.15) is 5.75 Å². The molecular weight excluding hydrogens is 246 g/mol. The maximum Gasteiger partial charge on any atom is 0.120 e. The molecule has 0 radical (unpaired) electrons. The third-order valence-corrected chi connectivity index (χ3v) is 3.35. The predicted octanol–water partition coefficient (Wildman–Crippen LogP) is 3.44. The second-order valence-corrected chi connectivity index (χ2v) is 4.49. The lowest BCUT2D eigenvalue weighted by Crippen LogP contribution is -2.14. The van der Waals surface area contributed by atoms with Crippen LogP contribution in [0.25, 0.3) is 0 Å². The molecule has 0 heterocycles. The molecule has 18 heavy (non-hydrogen) atoms. The van der Waals surface area contributed by atoms with Gasteiger partial charge >= 0.3 is 0 Å². The third kappa shape index (κ3) is 2.66. The second-order valence-electron chi connectivity index (χ2n) is 4.09. The molecule has 0 amide bonds. The Labute approximate surface area is 112 Å². The van der Waals surface area contributed by atoms with Crippen LogP contribution in [0.4, 0.5) is 0 Å². The summed E-state index contributed by atoms with van der Waals surface area (Å²) in [6, 6.07) is 15.9. The summed E-state index contributed by atoms with van der Waals surface area (Å²) < 4.78 is 5.15. The predicted molar refractivity (Wildman–Crippen MR) is 75.3 cm³/mol. The third-order valence-electron chi connectivity index (χ3n) is 3.02. The number of rotatable bonds is 4. The molecule has 2 N–H and O–H groups in total. The summed E-state index contributed by atoms with van der Waals surface area (Å²) in [5, 5.41) is 0.689. The van der Waals surface area contributed by atoms with Crippen molar-refractivity contribution in [1.82, 2.24) is 0 Å². The zero-order valence-electron chi connectivity index (χ0n) is 10.3. The van der Waals surface area contributed by atoms with Gasteiger partial charge in [0.25, 0.3) is 0 Å². The van der Waals surface area contributed by atoms with E-state index in [2.05, 4.69) is 12.1 Å². The Kier molecular flexibility index (Phi) is 4.24. The highest BCUT2D eigenvalue weighted by atomic mass is 35.5. The molecule has 2 rings (SSSR count). The van der Waals surface area contributed by atoms with E-state index in [0.29, 0.717) is 11.6 Å². The molecule has 94 valence electrons. The van der Waals surface area contributed by atoms with Crippen molar-refractivity contribution < 1.29 is 4.74 Å². The normalized spacial score (nSPS) is 12.2. The molecule has 1 unspecified atom stereocenters. The standard InChI is InChI=1S/C15H16ClNO/c1-18-12-7-8-13(15(16)9-12)14(10-17)11-5-3-2-4-6-11/h2-9,14H,10,17H2,1H3. The first-order valence-corrected chi connectivity index (χ1v) is 6.22. The Hall–Kier alpha value is -1.51. The first-order chi connectivity index (χ1) is 8.76. The van der Waals surface area contributed by atoms with Crippen molar-refractivity contribution in [2.24, 2.45) is 5.73 Å². The van der Waals surface area contributed by atoms with Crippen LogP contribution >= 0.6 is 11.6 Å². The molecule has 1 atom stereocenters. The highest BCUT2D eigenvalue weighted by molar-refractivity contribution is 6.31. The minimum absolute atomic E-state index is 0.115. The van der Waals surface area contributed by atoms with Gasteiger partial charge in [-0.2, -0.15) is 0 Å². The van der Waals surface area contributed by atoms with Gasteiger partial charge in [0.15, 0.2) is 0 Å². The lowest BCUT2D eigenvalue weighted by molar-refractivity contribution is 0.414. The Morgan fingerprint density at radius 2 is 1.89 bits per heavy atom. The number of methoxy groups -OCH3 is 1. The molecule has 0 saturated carbocycles. The minimum atomic E-state index is 0.115. The highest BCUT2D eigenvalue weighted by Crippen LogP contribution is 2.32. The van der Waals surface area contributed by atoms with E-state index in [4.69, 9.17) is 22.1 Å². The lowest BCUT2D eigenvalue weighted by atomic mass is 9.91. The van der Waals surface area contributed by atoms with Crippen molar-refractivity contribution in [3.8, 4) is 5.75 Å². The van der Waals surface area contributed by atoms with Crippen LogP contribution in [0.1, 0.15) is 17.0 Å². The van der Waals surface area contributed by atoms with E-state index in [1.807, 2.05) is 36.4 Å². The van der Waals surface area contributed by atoms with Gasteiger partial charge in [-0.25, -0.2) is 0 Å². The van der Waals surface area contributed by atoms with Crippen molar-refractivity contribution >= 4 is 11.6 Å². The number of nitrogens with two attached hydrogens (primary N) is 1. The number of halogens is 1. The SMILES string of the molecule is COc1ccc(C(CN)c2ccccc2)c(Cl)c1. The highest BCUT2D eigenvalue weighted by Gasteiger charge is 2.15. The quantitative estimate of drug-likeness (QED) is 0.915. The summed E-state index contributed by atoms with van der Waals surface area (Å²) in [4.78, 5) is 0. The first-order valence-electron chi connectivity index (χ1n) is 5.84. The molecular formula is C15H16ClNO. The van der Waals surface area contributed by atoms with Gasteiger partial charge in [0, 0.05) is 17.5 Å². The van der Waals surface area contributed by atoms with Crippen LogP contribution in [0, 0.1) is 0 Å².